The minimum Gasteiger partial charge on any atom is -0.357 e. The average molecular weight is 264 g/mol. The van der Waals surface area contributed by atoms with Gasteiger partial charge in [0.1, 0.15) is 0 Å². The summed E-state index contributed by atoms with van der Waals surface area (Å²) < 4.78 is 0. The van der Waals surface area contributed by atoms with Crippen molar-refractivity contribution in [2.45, 2.75) is 39.7 Å². The van der Waals surface area contributed by atoms with Crippen LogP contribution in [0.3, 0.4) is 0 Å². The first-order valence-electron chi connectivity index (χ1n) is 7.17. The Morgan fingerprint density at radius 2 is 1.79 bits per heavy atom. The topological polar surface area (TPSA) is 66.0 Å². The summed E-state index contributed by atoms with van der Waals surface area (Å²) in [6, 6.07) is 0.529. The molecule has 1 heterocycles. The Bertz CT molecular complexity index is 418. The molecule has 2 atom stereocenters. The van der Waals surface area contributed by atoms with Crippen LogP contribution in [0.15, 0.2) is 0 Å². The molecule has 2 N–H and O–H groups in total. The minimum atomic E-state index is 0.529. The molecule has 0 saturated heterocycles. The van der Waals surface area contributed by atoms with Crippen LogP contribution in [-0.2, 0) is 0 Å². The predicted molar refractivity (Wildman–Crippen MR) is 78.7 cm³/mol. The van der Waals surface area contributed by atoms with E-state index in [1.807, 2.05) is 7.05 Å². The maximum Gasteiger partial charge on any atom is 0.231 e. The zero-order chi connectivity index (χ0) is 13.8. The van der Waals surface area contributed by atoms with Crippen molar-refractivity contribution in [1.29, 1.82) is 0 Å². The molecule has 0 bridgehead atoms. The molecule has 0 aliphatic heterocycles. The van der Waals surface area contributed by atoms with E-state index in [2.05, 4.69) is 51.3 Å². The second-order valence-corrected chi connectivity index (χ2v) is 4.86. The summed E-state index contributed by atoms with van der Waals surface area (Å²) in [5.41, 5.74) is 0. The normalized spacial score (nSPS) is 21.1. The van der Waals surface area contributed by atoms with Crippen molar-refractivity contribution in [3.05, 3.63) is 0 Å². The predicted octanol–water partition coefficient (Wildman–Crippen LogP) is 1.97. The van der Waals surface area contributed by atoms with E-state index in [0.29, 0.717) is 17.9 Å². The summed E-state index contributed by atoms with van der Waals surface area (Å²) in [5.74, 6) is 2.81. The Balaban J connectivity index is 2.16. The number of anilines is 3. The summed E-state index contributed by atoms with van der Waals surface area (Å²) in [6.45, 7) is 8.22. The molecule has 0 radical (unpaired) electrons. The van der Waals surface area contributed by atoms with E-state index in [0.717, 1.165) is 25.0 Å². The van der Waals surface area contributed by atoms with Gasteiger partial charge in [0.05, 0.1) is 0 Å². The van der Waals surface area contributed by atoms with Crippen LogP contribution in [-0.4, -0.2) is 41.1 Å². The van der Waals surface area contributed by atoms with Crippen molar-refractivity contribution < 1.29 is 0 Å². The standard InChI is InChI=1S/C13H24N6/c1-5-9-8-10(9)15-12-16-11(14-4)17-13(18-12)19(6-2)7-3/h9-10H,5-8H2,1-4H3,(H2,14,15,16,17,18). The molecule has 6 heteroatoms. The smallest absolute Gasteiger partial charge is 0.231 e. The van der Waals surface area contributed by atoms with Gasteiger partial charge in [-0.1, -0.05) is 13.3 Å². The second kappa shape index (κ2) is 6.04. The fourth-order valence-corrected chi connectivity index (χ4v) is 2.23. The van der Waals surface area contributed by atoms with Gasteiger partial charge in [0, 0.05) is 26.2 Å². The van der Waals surface area contributed by atoms with Gasteiger partial charge in [0.15, 0.2) is 0 Å². The largest absolute Gasteiger partial charge is 0.357 e. The maximum absolute atomic E-state index is 4.52. The van der Waals surface area contributed by atoms with E-state index in [1.165, 1.54) is 12.8 Å². The molecular weight excluding hydrogens is 240 g/mol. The van der Waals surface area contributed by atoms with Gasteiger partial charge < -0.3 is 15.5 Å². The molecule has 0 aromatic carbocycles. The van der Waals surface area contributed by atoms with Gasteiger partial charge in [0.2, 0.25) is 17.8 Å². The molecule has 6 nitrogen and oxygen atoms in total. The van der Waals surface area contributed by atoms with Crippen LogP contribution >= 0.6 is 0 Å². The first kappa shape index (κ1) is 13.8. The first-order chi connectivity index (χ1) is 9.21. The highest BCUT2D eigenvalue weighted by Gasteiger charge is 2.35. The van der Waals surface area contributed by atoms with Crippen LogP contribution in [0.1, 0.15) is 33.6 Å². The zero-order valence-electron chi connectivity index (χ0n) is 12.3. The number of nitrogens with one attached hydrogen (secondary N) is 2. The molecule has 2 rings (SSSR count). The van der Waals surface area contributed by atoms with E-state index in [1.54, 1.807) is 0 Å². The van der Waals surface area contributed by atoms with E-state index < -0.39 is 0 Å². The number of aromatic nitrogens is 3. The van der Waals surface area contributed by atoms with Crippen molar-refractivity contribution in [2.75, 3.05) is 35.7 Å². The highest BCUT2D eigenvalue weighted by Crippen LogP contribution is 2.35. The third-order valence-electron chi connectivity index (χ3n) is 3.65. The lowest BCUT2D eigenvalue weighted by molar-refractivity contribution is 0.767. The van der Waals surface area contributed by atoms with Gasteiger partial charge in [-0.15, -0.1) is 0 Å². The Hall–Kier alpha value is -1.59. The van der Waals surface area contributed by atoms with Crippen LogP contribution in [0.5, 0.6) is 0 Å². The van der Waals surface area contributed by atoms with Gasteiger partial charge in [-0.05, 0) is 26.2 Å². The Morgan fingerprint density at radius 1 is 1.11 bits per heavy atom. The van der Waals surface area contributed by atoms with Gasteiger partial charge in [-0.2, -0.15) is 15.0 Å². The average Bonchev–Trinajstić information content (AvgIpc) is 3.18. The van der Waals surface area contributed by atoms with E-state index >= 15 is 0 Å². The molecule has 1 fully saturated rings. The molecule has 0 spiro atoms. The van der Waals surface area contributed by atoms with Gasteiger partial charge in [-0.3, -0.25) is 0 Å². The molecule has 1 saturated carbocycles. The van der Waals surface area contributed by atoms with Gasteiger partial charge in [0.25, 0.3) is 0 Å². The summed E-state index contributed by atoms with van der Waals surface area (Å²) in [6.07, 6.45) is 2.43. The molecule has 1 aliphatic carbocycles. The third-order valence-corrected chi connectivity index (χ3v) is 3.65. The number of hydrogen-bond acceptors (Lipinski definition) is 6. The lowest BCUT2D eigenvalue weighted by atomic mass is 10.3. The number of rotatable bonds is 7. The van der Waals surface area contributed by atoms with Crippen LogP contribution in [0.25, 0.3) is 0 Å². The molecule has 1 aromatic rings. The van der Waals surface area contributed by atoms with Crippen LogP contribution < -0.4 is 15.5 Å². The van der Waals surface area contributed by atoms with E-state index in [9.17, 15) is 0 Å². The Labute approximate surface area is 115 Å². The quantitative estimate of drug-likeness (QED) is 0.785. The van der Waals surface area contributed by atoms with Crippen molar-refractivity contribution in [3.63, 3.8) is 0 Å². The number of hydrogen-bond donors (Lipinski definition) is 2. The lowest BCUT2D eigenvalue weighted by Gasteiger charge is -2.19. The van der Waals surface area contributed by atoms with Gasteiger partial charge >= 0.3 is 0 Å². The van der Waals surface area contributed by atoms with Crippen molar-refractivity contribution in [3.8, 4) is 0 Å². The van der Waals surface area contributed by atoms with Gasteiger partial charge in [-0.25, -0.2) is 0 Å². The summed E-state index contributed by atoms with van der Waals surface area (Å²) in [4.78, 5) is 15.4. The SMILES string of the molecule is CCC1CC1Nc1nc(NC)nc(N(CC)CC)n1. The van der Waals surface area contributed by atoms with Crippen molar-refractivity contribution in [1.82, 2.24) is 15.0 Å². The fourth-order valence-electron chi connectivity index (χ4n) is 2.23. The molecule has 1 aliphatic rings. The van der Waals surface area contributed by atoms with E-state index in [-0.39, 0.29) is 0 Å². The fraction of sp³-hybridized carbons (Fsp3) is 0.769. The summed E-state index contributed by atoms with van der Waals surface area (Å²) in [5, 5.41) is 6.41. The Kier molecular flexibility index (Phi) is 4.39. The van der Waals surface area contributed by atoms with Crippen molar-refractivity contribution >= 4 is 17.8 Å². The highest BCUT2D eigenvalue weighted by molar-refractivity contribution is 5.44. The zero-order valence-corrected chi connectivity index (χ0v) is 12.3. The van der Waals surface area contributed by atoms with Crippen LogP contribution in [0.2, 0.25) is 0 Å². The molecule has 106 valence electrons. The van der Waals surface area contributed by atoms with Crippen LogP contribution in [0, 0.1) is 5.92 Å². The minimum absolute atomic E-state index is 0.529. The highest BCUT2D eigenvalue weighted by atomic mass is 15.3. The van der Waals surface area contributed by atoms with Crippen molar-refractivity contribution in [2.24, 2.45) is 5.92 Å². The number of nitrogens with zero attached hydrogens (tertiary/aromatic N) is 4. The Morgan fingerprint density at radius 3 is 2.32 bits per heavy atom. The third kappa shape index (κ3) is 3.24. The monoisotopic (exact) mass is 264 g/mol. The lowest BCUT2D eigenvalue weighted by Crippen LogP contribution is -2.25. The molecule has 19 heavy (non-hydrogen) atoms. The molecular formula is C13H24N6. The first-order valence-corrected chi connectivity index (χ1v) is 7.17. The maximum atomic E-state index is 4.52. The molecule has 1 aromatic heterocycles. The van der Waals surface area contributed by atoms with E-state index in [4.69, 9.17) is 0 Å². The summed E-state index contributed by atoms with van der Waals surface area (Å²) >= 11 is 0. The second-order valence-electron chi connectivity index (χ2n) is 4.86. The summed E-state index contributed by atoms with van der Waals surface area (Å²) in [7, 11) is 1.83. The molecule has 2 unspecified atom stereocenters. The molecule has 0 amide bonds. The van der Waals surface area contributed by atoms with Crippen LogP contribution in [0.4, 0.5) is 17.8 Å².